The molecule has 0 saturated heterocycles. The molecule has 1 aliphatic rings. The number of fused-ring (bicyclic) bond motifs is 1. The van der Waals surface area contributed by atoms with E-state index in [1.54, 1.807) is 0 Å². The maximum atomic E-state index is 13.7. The third kappa shape index (κ3) is 7.49. The number of ether oxygens (including phenoxy) is 1. The molecule has 1 aliphatic heterocycles. The monoisotopic (exact) mass is 499 g/mol. The molecular weight excluding hydrogens is 464 g/mol. The lowest BCUT2D eigenvalue weighted by molar-refractivity contribution is -0.120. The molecule has 1 amide bonds. The van der Waals surface area contributed by atoms with Crippen LogP contribution in [-0.2, 0) is 17.6 Å². The van der Waals surface area contributed by atoms with Crippen LogP contribution >= 0.6 is 0 Å². The fourth-order valence-electron chi connectivity index (χ4n) is 4.68. The summed E-state index contributed by atoms with van der Waals surface area (Å²) in [5.41, 5.74) is 1.34. The van der Waals surface area contributed by atoms with Crippen molar-refractivity contribution < 1.29 is 23.4 Å². The van der Waals surface area contributed by atoms with Gasteiger partial charge in [-0.1, -0.05) is 12.1 Å². The van der Waals surface area contributed by atoms with E-state index in [9.17, 15) is 23.9 Å². The Hall–Kier alpha value is -3.02. The molecule has 8 heteroatoms. The largest absolute Gasteiger partial charge is 0.487 e. The first-order valence-electron chi connectivity index (χ1n) is 12.1. The lowest BCUT2D eigenvalue weighted by Crippen LogP contribution is -2.49. The van der Waals surface area contributed by atoms with Crippen LogP contribution in [0.5, 0.6) is 5.75 Å². The lowest BCUT2D eigenvalue weighted by Gasteiger charge is -2.39. The van der Waals surface area contributed by atoms with Crippen LogP contribution in [-0.4, -0.2) is 35.3 Å². The second-order valence-corrected chi connectivity index (χ2v) is 10.9. The number of nitrogens with zero attached hydrogens (tertiary/aromatic N) is 1. The normalized spacial score (nSPS) is 18.4. The summed E-state index contributed by atoms with van der Waals surface area (Å²) in [4.78, 5) is 11.8. The number of halogens is 2. The Morgan fingerprint density at radius 3 is 2.50 bits per heavy atom. The molecule has 1 heterocycles. The number of amides is 1. The van der Waals surface area contributed by atoms with Gasteiger partial charge < -0.3 is 20.5 Å². The summed E-state index contributed by atoms with van der Waals surface area (Å²) >= 11 is 0. The smallest absolute Gasteiger partial charge is 0.217 e. The number of rotatable bonds is 9. The number of aliphatic hydroxyl groups is 1. The number of hydrogen-bond acceptors (Lipinski definition) is 5. The minimum absolute atomic E-state index is 0.0698. The van der Waals surface area contributed by atoms with E-state index in [-0.39, 0.29) is 24.9 Å². The lowest BCUT2D eigenvalue weighted by atomic mass is 9.84. The summed E-state index contributed by atoms with van der Waals surface area (Å²) in [5, 5.41) is 26.5. The van der Waals surface area contributed by atoms with Crippen LogP contribution in [0, 0.1) is 28.4 Å². The van der Waals surface area contributed by atoms with E-state index in [4.69, 9.17) is 4.74 Å². The SMILES string of the molecule is CC(=O)N[C@@H](Cc1cc(F)cc(F)c1)[C@H](O)CN[C@H]1CC(C)(C)Oc2ccc(CC(C)(C)C#N)cc21. The van der Waals surface area contributed by atoms with Gasteiger partial charge >= 0.3 is 0 Å². The summed E-state index contributed by atoms with van der Waals surface area (Å²) in [5.74, 6) is -1.03. The van der Waals surface area contributed by atoms with Gasteiger partial charge in [0.25, 0.3) is 0 Å². The predicted molar refractivity (Wildman–Crippen MR) is 133 cm³/mol. The van der Waals surface area contributed by atoms with Crippen molar-refractivity contribution in [2.75, 3.05) is 6.54 Å². The van der Waals surface area contributed by atoms with Gasteiger partial charge in [0.15, 0.2) is 0 Å². The zero-order chi connectivity index (χ0) is 26.7. The molecule has 0 aliphatic carbocycles. The molecule has 3 atom stereocenters. The number of carbonyl (C=O) groups is 1. The number of nitrogens with one attached hydrogen (secondary N) is 2. The summed E-state index contributed by atoms with van der Waals surface area (Å²) < 4.78 is 33.5. The molecule has 36 heavy (non-hydrogen) atoms. The number of carbonyl (C=O) groups excluding carboxylic acids is 1. The Labute approximate surface area is 211 Å². The van der Waals surface area contributed by atoms with Gasteiger partial charge in [0.05, 0.1) is 23.6 Å². The van der Waals surface area contributed by atoms with Crippen LogP contribution in [0.1, 0.15) is 63.8 Å². The number of benzene rings is 2. The molecule has 0 bridgehead atoms. The van der Waals surface area contributed by atoms with Crippen molar-refractivity contribution in [3.05, 3.63) is 64.7 Å². The average Bonchev–Trinajstić information content (AvgIpc) is 2.75. The van der Waals surface area contributed by atoms with Gasteiger partial charge in [0.1, 0.15) is 23.0 Å². The Morgan fingerprint density at radius 2 is 1.89 bits per heavy atom. The molecule has 0 spiro atoms. The van der Waals surface area contributed by atoms with Gasteiger partial charge in [0.2, 0.25) is 5.91 Å². The first kappa shape index (κ1) is 27.6. The molecule has 3 rings (SSSR count). The molecule has 2 aromatic carbocycles. The zero-order valence-corrected chi connectivity index (χ0v) is 21.5. The highest BCUT2D eigenvalue weighted by molar-refractivity contribution is 5.73. The predicted octanol–water partition coefficient (Wildman–Crippen LogP) is 4.36. The first-order valence-corrected chi connectivity index (χ1v) is 12.1. The molecule has 0 radical (unpaired) electrons. The topological polar surface area (TPSA) is 94.4 Å². The Morgan fingerprint density at radius 1 is 1.22 bits per heavy atom. The van der Waals surface area contributed by atoms with E-state index in [1.165, 1.54) is 19.1 Å². The van der Waals surface area contributed by atoms with Crippen LogP contribution in [0.3, 0.4) is 0 Å². The standard InChI is InChI=1S/C28H35F2N3O3/c1-17(34)33-23(11-19-8-20(29)12-21(30)9-19)25(35)15-32-24-14-28(4,5)36-26-7-6-18(10-22(24)26)13-27(2,3)16-31/h6-10,12,23-25,32,35H,11,13-15H2,1-5H3,(H,33,34)/t23-,24-,25+/m0/s1. The van der Waals surface area contributed by atoms with Gasteiger partial charge in [-0.2, -0.15) is 5.26 Å². The van der Waals surface area contributed by atoms with E-state index in [0.29, 0.717) is 18.4 Å². The van der Waals surface area contributed by atoms with Gasteiger partial charge in [0, 0.05) is 37.6 Å². The van der Waals surface area contributed by atoms with Gasteiger partial charge in [-0.05, 0) is 69.9 Å². The average molecular weight is 500 g/mol. The number of nitriles is 1. The van der Waals surface area contributed by atoms with Crippen molar-refractivity contribution in [2.45, 2.75) is 77.7 Å². The molecule has 3 N–H and O–H groups in total. The van der Waals surface area contributed by atoms with Crippen LogP contribution in [0.15, 0.2) is 36.4 Å². The van der Waals surface area contributed by atoms with E-state index < -0.39 is 34.8 Å². The van der Waals surface area contributed by atoms with Crippen LogP contribution in [0.2, 0.25) is 0 Å². The van der Waals surface area contributed by atoms with Crippen LogP contribution in [0.25, 0.3) is 0 Å². The van der Waals surface area contributed by atoms with E-state index in [1.807, 2.05) is 45.9 Å². The zero-order valence-electron chi connectivity index (χ0n) is 21.5. The second-order valence-electron chi connectivity index (χ2n) is 10.9. The van der Waals surface area contributed by atoms with Crippen molar-refractivity contribution in [3.63, 3.8) is 0 Å². The molecule has 0 saturated carbocycles. The van der Waals surface area contributed by atoms with E-state index in [2.05, 4.69) is 16.7 Å². The molecule has 6 nitrogen and oxygen atoms in total. The summed E-state index contributed by atoms with van der Waals surface area (Å²) in [6, 6.07) is 10.5. The summed E-state index contributed by atoms with van der Waals surface area (Å²) in [6.45, 7) is 9.24. The first-order chi connectivity index (χ1) is 16.8. The van der Waals surface area contributed by atoms with Crippen molar-refractivity contribution in [1.82, 2.24) is 10.6 Å². The molecule has 0 fully saturated rings. The molecule has 0 unspecified atom stereocenters. The molecular formula is C28H35F2N3O3. The molecule has 0 aromatic heterocycles. The van der Waals surface area contributed by atoms with E-state index in [0.717, 1.165) is 22.9 Å². The van der Waals surface area contributed by atoms with Gasteiger partial charge in [-0.15, -0.1) is 0 Å². The van der Waals surface area contributed by atoms with Crippen molar-refractivity contribution in [2.24, 2.45) is 5.41 Å². The fraction of sp³-hybridized carbons (Fsp3) is 0.500. The number of hydrogen-bond donors (Lipinski definition) is 3. The summed E-state index contributed by atoms with van der Waals surface area (Å²) in [6.07, 6.45) is 0.276. The fourth-order valence-corrected chi connectivity index (χ4v) is 4.68. The Balaban J connectivity index is 1.79. The third-order valence-corrected chi connectivity index (χ3v) is 6.28. The van der Waals surface area contributed by atoms with Crippen molar-refractivity contribution in [1.29, 1.82) is 5.26 Å². The molecule has 194 valence electrons. The highest BCUT2D eigenvalue weighted by Gasteiger charge is 2.35. The quantitative estimate of drug-likeness (QED) is 0.477. The molecule has 2 aromatic rings. The minimum Gasteiger partial charge on any atom is -0.487 e. The maximum absolute atomic E-state index is 13.7. The highest BCUT2D eigenvalue weighted by Crippen LogP contribution is 2.40. The Kier molecular flexibility index (Phi) is 8.37. The summed E-state index contributed by atoms with van der Waals surface area (Å²) in [7, 11) is 0. The van der Waals surface area contributed by atoms with Gasteiger partial charge in [-0.25, -0.2) is 8.78 Å². The third-order valence-electron chi connectivity index (χ3n) is 6.28. The minimum atomic E-state index is -1.02. The van der Waals surface area contributed by atoms with Crippen LogP contribution < -0.4 is 15.4 Å². The number of aliphatic hydroxyl groups excluding tert-OH is 1. The van der Waals surface area contributed by atoms with Gasteiger partial charge in [-0.3, -0.25) is 4.79 Å². The van der Waals surface area contributed by atoms with Crippen molar-refractivity contribution >= 4 is 5.91 Å². The van der Waals surface area contributed by atoms with Crippen LogP contribution in [0.4, 0.5) is 8.78 Å². The maximum Gasteiger partial charge on any atom is 0.217 e. The highest BCUT2D eigenvalue weighted by atomic mass is 19.1. The van der Waals surface area contributed by atoms with E-state index >= 15 is 0 Å². The van der Waals surface area contributed by atoms with Crippen molar-refractivity contribution in [3.8, 4) is 11.8 Å². The Bertz CT molecular complexity index is 1120. The second kappa shape index (κ2) is 10.9.